The van der Waals surface area contributed by atoms with Gasteiger partial charge in [-0.15, -0.1) is 0 Å². The molecule has 1 aromatic carbocycles. The Morgan fingerprint density at radius 3 is 2.41 bits per heavy atom. The van der Waals surface area contributed by atoms with Crippen molar-refractivity contribution in [2.24, 2.45) is 5.73 Å². The Morgan fingerprint density at radius 1 is 1.24 bits per heavy atom. The third-order valence-corrected chi connectivity index (χ3v) is 3.78. The third-order valence-electron chi connectivity index (χ3n) is 3.78. The van der Waals surface area contributed by atoms with E-state index in [-0.39, 0.29) is 17.5 Å². The average Bonchev–Trinajstić information content (AvgIpc) is 2.33. The van der Waals surface area contributed by atoms with Crippen LogP contribution in [0.3, 0.4) is 0 Å². The lowest BCUT2D eigenvalue weighted by molar-refractivity contribution is 0.0945. The van der Waals surface area contributed by atoms with Crippen molar-refractivity contribution in [2.75, 3.05) is 0 Å². The van der Waals surface area contributed by atoms with E-state index in [1.807, 2.05) is 12.1 Å². The summed E-state index contributed by atoms with van der Waals surface area (Å²) in [4.78, 5) is 0. The minimum atomic E-state index is -0.197. The largest absolute Gasteiger partial charge is 0.393 e. The third kappa shape index (κ3) is 3.51. The fraction of sp³-hybridized carbons (Fsp3) is 0.571. The summed E-state index contributed by atoms with van der Waals surface area (Å²) in [6.07, 6.45) is 5.00. The molecular weight excluding hydrogens is 217 g/mol. The van der Waals surface area contributed by atoms with Crippen molar-refractivity contribution in [3.8, 4) is 0 Å². The van der Waals surface area contributed by atoms with Crippen LogP contribution in [0.25, 0.3) is 0 Å². The minimum absolute atomic E-state index is 0.145. The van der Waals surface area contributed by atoms with E-state index in [1.54, 1.807) is 0 Å². The summed E-state index contributed by atoms with van der Waals surface area (Å²) < 4.78 is 12.7. The van der Waals surface area contributed by atoms with Gasteiger partial charge in [0, 0.05) is 5.54 Å². The molecule has 0 bridgehead atoms. The highest BCUT2D eigenvalue weighted by atomic mass is 19.1. The Bertz CT molecular complexity index is 355. The van der Waals surface area contributed by atoms with Crippen LogP contribution in [-0.2, 0) is 6.42 Å². The van der Waals surface area contributed by atoms with Crippen molar-refractivity contribution in [1.29, 1.82) is 0 Å². The smallest absolute Gasteiger partial charge is 0.123 e. The van der Waals surface area contributed by atoms with Crippen LogP contribution in [-0.4, -0.2) is 16.7 Å². The first-order valence-electron chi connectivity index (χ1n) is 6.29. The zero-order valence-corrected chi connectivity index (χ0v) is 10.0. The van der Waals surface area contributed by atoms with Gasteiger partial charge in [0.15, 0.2) is 0 Å². The highest BCUT2D eigenvalue weighted by Gasteiger charge is 2.30. The number of benzene rings is 1. The number of aliphatic hydroxyl groups is 1. The van der Waals surface area contributed by atoms with Gasteiger partial charge in [0.05, 0.1) is 6.10 Å². The standard InChI is InChI=1S/C14H20FNO/c15-12-3-1-11(2-4-12)5-8-14(16)9-6-13(17)7-10-14/h1-4,13,17H,5-10,16H2. The fourth-order valence-electron chi connectivity index (χ4n) is 2.47. The van der Waals surface area contributed by atoms with Crippen LogP contribution >= 0.6 is 0 Å². The molecule has 0 heterocycles. The second-order valence-electron chi connectivity index (χ2n) is 5.22. The maximum absolute atomic E-state index is 12.7. The highest BCUT2D eigenvalue weighted by molar-refractivity contribution is 5.16. The highest BCUT2D eigenvalue weighted by Crippen LogP contribution is 2.30. The van der Waals surface area contributed by atoms with Crippen LogP contribution in [0.5, 0.6) is 0 Å². The van der Waals surface area contributed by atoms with Crippen LogP contribution in [0.15, 0.2) is 24.3 Å². The summed E-state index contributed by atoms with van der Waals surface area (Å²) in [7, 11) is 0. The molecule has 2 nitrogen and oxygen atoms in total. The average molecular weight is 237 g/mol. The molecule has 0 amide bonds. The fourth-order valence-corrected chi connectivity index (χ4v) is 2.47. The van der Waals surface area contributed by atoms with E-state index in [0.717, 1.165) is 44.1 Å². The Kier molecular flexibility index (Phi) is 3.79. The molecule has 0 aromatic heterocycles. The van der Waals surface area contributed by atoms with Crippen LogP contribution in [0.1, 0.15) is 37.7 Å². The van der Waals surface area contributed by atoms with Crippen LogP contribution in [0.4, 0.5) is 4.39 Å². The van der Waals surface area contributed by atoms with Crippen molar-refractivity contribution in [3.05, 3.63) is 35.6 Å². The molecular formula is C14H20FNO. The molecule has 3 N–H and O–H groups in total. The lowest BCUT2D eigenvalue weighted by Gasteiger charge is -2.35. The van der Waals surface area contributed by atoms with Gasteiger partial charge in [-0.1, -0.05) is 12.1 Å². The molecule has 0 saturated heterocycles. The van der Waals surface area contributed by atoms with Gasteiger partial charge in [0.1, 0.15) is 5.82 Å². The molecule has 0 aliphatic heterocycles. The van der Waals surface area contributed by atoms with Gasteiger partial charge in [0.25, 0.3) is 0 Å². The number of hydrogen-bond donors (Lipinski definition) is 2. The van der Waals surface area contributed by atoms with Gasteiger partial charge in [0.2, 0.25) is 0 Å². The lowest BCUT2D eigenvalue weighted by Crippen LogP contribution is -2.44. The maximum atomic E-state index is 12.7. The predicted molar refractivity (Wildman–Crippen MR) is 66.1 cm³/mol. The maximum Gasteiger partial charge on any atom is 0.123 e. The molecule has 1 aliphatic carbocycles. The number of rotatable bonds is 3. The van der Waals surface area contributed by atoms with E-state index >= 15 is 0 Å². The lowest BCUT2D eigenvalue weighted by atomic mass is 9.77. The van der Waals surface area contributed by atoms with Crippen molar-refractivity contribution in [3.63, 3.8) is 0 Å². The zero-order chi connectivity index (χ0) is 12.3. The Hall–Kier alpha value is -0.930. The monoisotopic (exact) mass is 237 g/mol. The van der Waals surface area contributed by atoms with Gasteiger partial charge in [-0.25, -0.2) is 4.39 Å². The molecule has 0 atom stereocenters. The second kappa shape index (κ2) is 5.15. The van der Waals surface area contributed by atoms with Crippen molar-refractivity contribution in [2.45, 2.75) is 50.2 Å². The molecule has 94 valence electrons. The van der Waals surface area contributed by atoms with Crippen LogP contribution < -0.4 is 5.73 Å². The van der Waals surface area contributed by atoms with E-state index in [9.17, 15) is 9.50 Å². The Labute approximate surface area is 102 Å². The quantitative estimate of drug-likeness (QED) is 0.848. The molecule has 3 heteroatoms. The molecule has 1 aromatic rings. The van der Waals surface area contributed by atoms with E-state index in [1.165, 1.54) is 12.1 Å². The first-order chi connectivity index (χ1) is 8.07. The summed E-state index contributed by atoms with van der Waals surface area (Å²) in [6.45, 7) is 0. The van der Waals surface area contributed by atoms with Gasteiger partial charge in [-0.2, -0.15) is 0 Å². The predicted octanol–water partition coefficient (Wildman–Crippen LogP) is 2.39. The molecule has 2 rings (SSSR count). The summed E-state index contributed by atoms with van der Waals surface area (Å²) in [5, 5.41) is 9.46. The molecule has 0 unspecified atom stereocenters. The molecule has 0 spiro atoms. The molecule has 0 radical (unpaired) electrons. The number of aryl methyl sites for hydroxylation is 1. The normalized spacial score (nSPS) is 29.2. The van der Waals surface area contributed by atoms with E-state index < -0.39 is 0 Å². The number of hydrogen-bond acceptors (Lipinski definition) is 2. The zero-order valence-electron chi connectivity index (χ0n) is 10.0. The first-order valence-corrected chi connectivity index (χ1v) is 6.29. The molecule has 17 heavy (non-hydrogen) atoms. The second-order valence-corrected chi connectivity index (χ2v) is 5.22. The van der Waals surface area contributed by atoms with Crippen molar-refractivity contribution < 1.29 is 9.50 Å². The van der Waals surface area contributed by atoms with Crippen molar-refractivity contribution in [1.82, 2.24) is 0 Å². The SMILES string of the molecule is NC1(CCc2ccc(F)cc2)CCC(O)CC1. The Balaban J connectivity index is 1.87. The number of nitrogens with two attached hydrogens (primary N) is 1. The summed E-state index contributed by atoms with van der Waals surface area (Å²) in [5.74, 6) is -0.197. The molecule has 1 saturated carbocycles. The van der Waals surface area contributed by atoms with Gasteiger partial charge in [-0.3, -0.25) is 0 Å². The van der Waals surface area contributed by atoms with E-state index in [0.29, 0.717) is 0 Å². The first kappa shape index (κ1) is 12.5. The Morgan fingerprint density at radius 2 is 1.82 bits per heavy atom. The summed E-state index contributed by atoms with van der Waals surface area (Å²) in [6, 6.07) is 6.61. The van der Waals surface area contributed by atoms with Crippen LogP contribution in [0, 0.1) is 5.82 Å². The summed E-state index contributed by atoms with van der Waals surface area (Å²) in [5.41, 5.74) is 7.30. The summed E-state index contributed by atoms with van der Waals surface area (Å²) >= 11 is 0. The molecule has 1 fully saturated rings. The van der Waals surface area contributed by atoms with Gasteiger partial charge >= 0.3 is 0 Å². The number of aliphatic hydroxyl groups excluding tert-OH is 1. The number of halogens is 1. The van der Waals surface area contributed by atoms with E-state index in [4.69, 9.17) is 5.73 Å². The van der Waals surface area contributed by atoms with Crippen LogP contribution in [0.2, 0.25) is 0 Å². The van der Waals surface area contributed by atoms with Gasteiger partial charge in [-0.05, 0) is 56.2 Å². The van der Waals surface area contributed by atoms with Crippen molar-refractivity contribution >= 4 is 0 Å². The topological polar surface area (TPSA) is 46.2 Å². The van der Waals surface area contributed by atoms with Gasteiger partial charge < -0.3 is 10.8 Å². The molecule has 1 aliphatic rings. The minimum Gasteiger partial charge on any atom is -0.393 e. The van der Waals surface area contributed by atoms with E-state index in [2.05, 4.69) is 0 Å².